The summed E-state index contributed by atoms with van der Waals surface area (Å²) < 4.78 is 14.2. The largest absolute Gasteiger partial charge is 0.349 e. The number of fused-ring (bicyclic) bond motifs is 3. The van der Waals surface area contributed by atoms with Gasteiger partial charge in [-0.3, -0.25) is 15.1 Å². The second kappa shape index (κ2) is 9.18. The number of benzene rings is 2. The Morgan fingerprint density at radius 3 is 2.47 bits per heavy atom. The van der Waals surface area contributed by atoms with E-state index in [0.717, 1.165) is 26.1 Å². The number of anilines is 3. The summed E-state index contributed by atoms with van der Waals surface area (Å²) in [5, 5.41) is 1.83. The molecule has 0 unspecified atom stereocenters. The first kappa shape index (κ1) is 22.1. The summed E-state index contributed by atoms with van der Waals surface area (Å²) in [5.41, 5.74) is 4.09. The maximum Gasteiger partial charge on any atom is 0.349 e. The molecule has 0 atom stereocenters. The van der Waals surface area contributed by atoms with Crippen molar-refractivity contribution < 1.29 is 14.0 Å². The van der Waals surface area contributed by atoms with Gasteiger partial charge in [-0.25, -0.2) is 19.1 Å². The van der Waals surface area contributed by atoms with E-state index in [1.807, 2.05) is 0 Å². The number of rotatable bonds is 7. The van der Waals surface area contributed by atoms with Crippen molar-refractivity contribution in [2.75, 3.05) is 36.0 Å². The minimum atomic E-state index is -0.521. The maximum atomic E-state index is 14.2. The summed E-state index contributed by atoms with van der Waals surface area (Å²) in [7, 11) is 0. The molecule has 7 nitrogen and oxygen atoms in total. The quantitative estimate of drug-likeness (QED) is 0.666. The minimum absolute atomic E-state index is 0.245. The monoisotopic (exact) mass is 457 g/mol. The first-order valence-electron chi connectivity index (χ1n) is 10.6. The van der Waals surface area contributed by atoms with Crippen LogP contribution in [0.5, 0.6) is 0 Å². The number of halogens is 2. The minimum Gasteiger partial charge on any atom is -0.304 e. The highest BCUT2D eigenvalue weighted by molar-refractivity contribution is 6.34. The van der Waals surface area contributed by atoms with Crippen molar-refractivity contribution in [3.8, 4) is 0 Å². The van der Waals surface area contributed by atoms with Crippen LogP contribution in [0, 0.1) is 5.82 Å². The van der Waals surface area contributed by atoms with Crippen molar-refractivity contribution in [3.63, 3.8) is 0 Å². The van der Waals surface area contributed by atoms with Crippen LogP contribution in [0.2, 0.25) is 5.02 Å². The van der Waals surface area contributed by atoms with Gasteiger partial charge >= 0.3 is 6.03 Å². The normalized spacial score (nSPS) is 15.5. The van der Waals surface area contributed by atoms with E-state index in [1.54, 1.807) is 24.3 Å². The fourth-order valence-electron chi connectivity index (χ4n) is 3.98. The van der Waals surface area contributed by atoms with Gasteiger partial charge < -0.3 is 4.90 Å². The lowest BCUT2D eigenvalue weighted by molar-refractivity contribution is -0.113. The molecule has 3 amide bonds. The number of hydrazine groups is 1. The van der Waals surface area contributed by atoms with E-state index >= 15 is 0 Å². The van der Waals surface area contributed by atoms with Crippen LogP contribution in [0.15, 0.2) is 54.4 Å². The fraction of sp³-hybridized carbons (Fsp3) is 0.304. The van der Waals surface area contributed by atoms with E-state index in [9.17, 15) is 14.0 Å². The summed E-state index contributed by atoms with van der Waals surface area (Å²) in [6, 6.07) is 10.5. The highest BCUT2D eigenvalue weighted by Gasteiger charge is 2.40. The molecule has 2 aromatic rings. The SMILES string of the molecule is CCN(CC)CCCN1NC2=CC(=O)N(c3ccccc3Cl)c3cc(F)ccc3N2C1=O. The van der Waals surface area contributed by atoms with E-state index in [-0.39, 0.29) is 11.7 Å². The third-order valence-electron chi connectivity index (χ3n) is 5.66. The molecule has 2 aliphatic rings. The molecule has 0 saturated carbocycles. The van der Waals surface area contributed by atoms with Crippen LogP contribution in [0.4, 0.5) is 26.2 Å². The first-order valence-corrected chi connectivity index (χ1v) is 11.0. The molecule has 1 N–H and O–H groups in total. The number of hydrogen-bond acceptors (Lipinski definition) is 4. The Morgan fingerprint density at radius 1 is 1.00 bits per heavy atom. The van der Waals surface area contributed by atoms with Gasteiger partial charge in [-0.2, -0.15) is 0 Å². The van der Waals surface area contributed by atoms with Crippen LogP contribution in [-0.2, 0) is 4.79 Å². The summed E-state index contributed by atoms with van der Waals surface area (Å²) >= 11 is 6.34. The summed E-state index contributed by atoms with van der Waals surface area (Å²) in [4.78, 5) is 31.5. The number of carbonyl (C=O) groups excluding carboxylic acids is 2. The van der Waals surface area contributed by atoms with Crippen molar-refractivity contribution in [3.05, 3.63) is 65.2 Å². The van der Waals surface area contributed by atoms with Gasteiger partial charge in [0.2, 0.25) is 0 Å². The highest BCUT2D eigenvalue weighted by atomic mass is 35.5. The van der Waals surface area contributed by atoms with Crippen LogP contribution in [0.3, 0.4) is 0 Å². The van der Waals surface area contributed by atoms with Gasteiger partial charge in [0.05, 0.1) is 22.1 Å². The summed E-state index contributed by atoms with van der Waals surface area (Å²) in [6.45, 7) is 7.43. The average molecular weight is 458 g/mol. The van der Waals surface area contributed by atoms with Crippen LogP contribution >= 0.6 is 11.6 Å². The lowest BCUT2D eigenvalue weighted by Gasteiger charge is -2.25. The Morgan fingerprint density at radius 2 is 1.75 bits per heavy atom. The molecule has 2 aromatic carbocycles. The molecular weight excluding hydrogens is 433 g/mol. The van der Waals surface area contributed by atoms with Gasteiger partial charge in [0.1, 0.15) is 11.6 Å². The van der Waals surface area contributed by atoms with Gasteiger partial charge in [-0.15, -0.1) is 0 Å². The Kier molecular flexibility index (Phi) is 6.34. The van der Waals surface area contributed by atoms with E-state index in [2.05, 4.69) is 24.2 Å². The Bertz CT molecular complexity index is 1070. The Balaban J connectivity index is 1.69. The maximum absolute atomic E-state index is 14.2. The van der Waals surface area contributed by atoms with Gasteiger partial charge in [0, 0.05) is 18.7 Å². The van der Waals surface area contributed by atoms with Crippen molar-refractivity contribution >= 4 is 40.6 Å². The molecule has 9 heteroatoms. The Labute approximate surface area is 191 Å². The lowest BCUT2D eigenvalue weighted by Crippen LogP contribution is -2.38. The highest BCUT2D eigenvalue weighted by Crippen LogP contribution is 2.42. The number of para-hydroxylation sites is 1. The van der Waals surface area contributed by atoms with Crippen LogP contribution in [0.25, 0.3) is 0 Å². The number of amides is 3. The van der Waals surface area contributed by atoms with E-state index in [0.29, 0.717) is 28.8 Å². The zero-order valence-electron chi connectivity index (χ0n) is 18.0. The van der Waals surface area contributed by atoms with Crippen molar-refractivity contribution in [2.24, 2.45) is 0 Å². The van der Waals surface area contributed by atoms with Crippen molar-refractivity contribution in [2.45, 2.75) is 20.3 Å². The van der Waals surface area contributed by atoms with Crippen molar-refractivity contribution in [1.82, 2.24) is 15.3 Å². The molecule has 0 spiro atoms. The molecule has 0 radical (unpaired) electrons. The number of hydrogen-bond donors (Lipinski definition) is 1. The lowest BCUT2D eigenvalue weighted by atomic mass is 10.2. The molecule has 168 valence electrons. The summed E-state index contributed by atoms with van der Waals surface area (Å²) in [5.74, 6) is -0.634. The number of nitrogens with zero attached hydrogens (tertiary/aromatic N) is 4. The molecule has 0 bridgehead atoms. The van der Waals surface area contributed by atoms with Gasteiger partial charge in [-0.1, -0.05) is 37.6 Å². The molecule has 32 heavy (non-hydrogen) atoms. The van der Waals surface area contributed by atoms with Crippen LogP contribution in [-0.4, -0.2) is 48.0 Å². The van der Waals surface area contributed by atoms with Gasteiger partial charge in [-0.05, 0) is 50.3 Å². The first-order chi connectivity index (χ1) is 15.4. The molecule has 4 rings (SSSR count). The van der Waals surface area contributed by atoms with Crippen molar-refractivity contribution in [1.29, 1.82) is 0 Å². The van der Waals surface area contributed by atoms with Crippen LogP contribution < -0.4 is 15.2 Å². The molecule has 0 aromatic heterocycles. The van der Waals surface area contributed by atoms with E-state index in [4.69, 9.17) is 11.6 Å². The second-order valence-electron chi connectivity index (χ2n) is 7.55. The number of nitrogens with one attached hydrogen (secondary N) is 1. The molecular formula is C23H25ClFN5O2. The zero-order valence-corrected chi connectivity index (χ0v) is 18.8. The van der Waals surface area contributed by atoms with Crippen LogP contribution in [0.1, 0.15) is 20.3 Å². The second-order valence-corrected chi connectivity index (χ2v) is 7.96. The topological polar surface area (TPSA) is 59.1 Å². The Hall–Kier alpha value is -3.10. The zero-order chi connectivity index (χ0) is 22.8. The van der Waals surface area contributed by atoms with E-state index in [1.165, 1.54) is 39.1 Å². The molecule has 1 saturated heterocycles. The molecule has 2 aliphatic heterocycles. The number of carbonyl (C=O) groups is 2. The number of urea groups is 1. The van der Waals surface area contributed by atoms with Gasteiger partial charge in [0.15, 0.2) is 0 Å². The fourth-order valence-corrected chi connectivity index (χ4v) is 4.20. The van der Waals surface area contributed by atoms with E-state index < -0.39 is 11.7 Å². The van der Waals surface area contributed by atoms with Gasteiger partial charge in [0.25, 0.3) is 5.91 Å². The third-order valence-corrected chi connectivity index (χ3v) is 5.98. The smallest absolute Gasteiger partial charge is 0.304 e. The third kappa shape index (κ3) is 4.03. The predicted octanol–water partition coefficient (Wildman–Crippen LogP) is 4.48. The molecule has 2 heterocycles. The molecule has 0 aliphatic carbocycles. The standard InChI is InChI=1S/C23H25ClFN5O2/c1-3-27(4-2)12-7-13-28-23(32)30-19-11-10-16(25)14-20(19)29(22(31)15-21(30)26-28)18-9-6-5-8-17(18)24/h5-6,8-11,14-15,26H,3-4,7,12-13H2,1-2H3. The predicted molar refractivity (Wildman–Crippen MR) is 123 cm³/mol. The average Bonchev–Trinajstić information content (AvgIpc) is 3.01. The summed E-state index contributed by atoms with van der Waals surface area (Å²) in [6.07, 6.45) is 2.11. The molecule has 1 fully saturated rings.